The predicted molar refractivity (Wildman–Crippen MR) is 78.1 cm³/mol. The Morgan fingerprint density at radius 2 is 1.83 bits per heavy atom. The average molecular weight is 270 g/mol. The monoisotopic (exact) mass is 270 g/mol. The number of allylic oxidation sites excluding steroid dienone is 2. The fraction of sp³-hybridized carbons (Fsp3) is 0.643. The van der Waals surface area contributed by atoms with Crippen molar-refractivity contribution in [1.29, 1.82) is 0 Å². The molecule has 0 aromatic carbocycles. The van der Waals surface area contributed by atoms with Crippen LogP contribution in [0.5, 0.6) is 0 Å². The summed E-state index contributed by atoms with van der Waals surface area (Å²) in [6, 6.07) is 0. The Morgan fingerprint density at radius 1 is 1.22 bits per heavy atom. The lowest BCUT2D eigenvalue weighted by Crippen LogP contribution is -2.40. The SMILES string of the molecule is CCOC(=O)/C=C/C=C/CO[Si](C)(C)C(C)(C)C. The number of carbonyl (C=O) groups is 1. The van der Waals surface area contributed by atoms with Crippen LogP contribution < -0.4 is 0 Å². The lowest BCUT2D eigenvalue weighted by Gasteiger charge is -2.35. The van der Waals surface area contributed by atoms with Crippen molar-refractivity contribution in [2.45, 2.75) is 45.8 Å². The molecule has 0 aliphatic carbocycles. The molecule has 0 N–H and O–H groups in total. The highest BCUT2D eigenvalue weighted by Crippen LogP contribution is 2.36. The molecule has 0 rings (SSSR count). The van der Waals surface area contributed by atoms with Gasteiger partial charge in [0.25, 0.3) is 0 Å². The average Bonchev–Trinajstić information content (AvgIpc) is 2.21. The van der Waals surface area contributed by atoms with E-state index in [1.807, 2.05) is 12.2 Å². The van der Waals surface area contributed by atoms with Gasteiger partial charge < -0.3 is 9.16 Å². The Kier molecular flexibility index (Phi) is 7.17. The maximum Gasteiger partial charge on any atom is 0.330 e. The van der Waals surface area contributed by atoms with E-state index in [0.29, 0.717) is 13.2 Å². The number of esters is 1. The van der Waals surface area contributed by atoms with Crippen molar-refractivity contribution in [1.82, 2.24) is 0 Å². The topological polar surface area (TPSA) is 35.5 Å². The Morgan fingerprint density at radius 3 is 2.33 bits per heavy atom. The minimum Gasteiger partial charge on any atom is -0.463 e. The van der Waals surface area contributed by atoms with Crippen LogP contribution in [0.25, 0.3) is 0 Å². The standard InChI is InChI=1S/C14H26O3Si/c1-7-16-13(15)11-9-8-10-12-17-18(5,6)14(2,3)4/h8-11H,7,12H2,1-6H3/b10-8+,11-9+. The van der Waals surface area contributed by atoms with Gasteiger partial charge >= 0.3 is 5.97 Å². The zero-order chi connectivity index (χ0) is 14.2. The van der Waals surface area contributed by atoms with Crippen LogP contribution in [0.15, 0.2) is 24.3 Å². The quantitative estimate of drug-likeness (QED) is 0.320. The van der Waals surface area contributed by atoms with Crippen LogP contribution in [0.4, 0.5) is 0 Å². The molecule has 0 aromatic rings. The fourth-order valence-electron chi connectivity index (χ4n) is 0.932. The summed E-state index contributed by atoms with van der Waals surface area (Å²) in [5, 5.41) is 0.224. The first-order valence-corrected chi connectivity index (χ1v) is 9.25. The molecular weight excluding hydrogens is 244 g/mol. The fourth-order valence-corrected chi connectivity index (χ4v) is 1.88. The first-order chi connectivity index (χ1) is 8.20. The van der Waals surface area contributed by atoms with Crippen LogP contribution in [0.3, 0.4) is 0 Å². The zero-order valence-electron chi connectivity index (χ0n) is 12.4. The lowest BCUT2D eigenvalue weighted by atomic mass is 10.2. The van der Waals surface area contributed by atoms with E-state index in [9.17, 15) is 4.79 Å². The van der Waals surface area contributed by atoms with E-state index < -0.39 is 8.32 Å². The number of hydrogen-bond acceptors (Lipinski definition) is 3. The van der Waals surface area contributed by atoms with Crippen molar-refractivity contribution in [3.8, 4) is 0 Å². The van der Waals surface area contributed by atoms with E-state index in [1.165, 1.54) is 6.08 Å². The van der Waals surface area contributed by atoms with Crippen molar-refractivity contribution in [2.24, 2.45) is 0 Å². The molecule has 0 saturated carbocycles. The van der Waals surface area contributed by atoms with Gasteiger partial charge in [-0.15, -0.1) is 0 Å². The van der Waals surface area contributed by atoms with Gasteiger partial charge in [0, 0.05) is 6.08 Å². The molecule has 0 heterocycles. The smallest absolute Gasteiger partial charge is 0.330 e. The molecule has 0 amide bonds. The summed E-state index contributed by atoms with van der Waals surface area (Å²) in [5.74, 6) is -0.313. The van der Waals surface area contributed by atoms with E-state index >= 15 is 0 Å². The third-order valence-corrected chi connectivity index (χ3v) is 7.61. The third kappa shape index (κ3) is 6.76. The van der Waals surface area contributed by atoms with Gasteiger partial charge in [0.1, 0.15) is 0 Å². The maximum atomic E-state index is 11.0. The van der Waals surface area contributed by atoms with Gasteiger partial charge in [-0.1, -0.05) is 39.0 Å². The molecule has 0 bridgehead atoms. The first-order valence-electron chi connectivity index (χ1n) is 6.34. The third-order valence-electron chi connectivity index (χ3n) is 3.11. The van der Waals surface area contributed by atoms with E-state index in [1.54, 1.807) is 13.0 Å². The van der Waals surface area contributed by atoms with Crippen molar-refractivity contribution in [2.75, 3.05) is 13.2 Å². The second-order valence-corrected chi connectivity index (χ2v) is 10.4. The van der Waals surface area contributed by atoms with Crippen LogP contribution in [0, 0.1) is 0 Å². The predicted octanol–water partition coefficient (Wildman–Crippen LogP) is 3.68. The maximum absolute atomic E-state index is 11.0. The lowest BCUT2D eigenvalue weighted by molar-refractivity contribution is -0.137. The van der Waals surface area contributed by atoms with E-state index in [2.05, 4.69) is 33.9 Å². The summed E-state index contributed by atoms with van der Waals surface area (Å²) in [4.78, 5) is 11.0. The van der Waals surface area contributed by atoms with E-state index in [4.69, 9.17) is 9.16 Å². The van der Waals surface area contributed by atoms with Crippen molar-refractivity contribution in [3.05, 3.63) is 24.3 Å². The number of hydrogen-bond donors (Lipinski definition) is 0. The van der Waals surface area contributed by atoms with Crippen LogP contribution in [-0.4, -0.2) is 27.5 Å². The molecule has 0 aromatic heterocycles. The summed E-state index contributed by atoms with van der Waals surface area (Å²) in [7, 11) is -1.67. The van der Waals surface area contributed by atoms with Crippen LogP contribution in [0.2, 0.25) is 18.1 Å². The number of ether oxygens (including phenoxy) is 1. The molecule has 3 nitrogen and oxygen atoms in total. The van der Waals surface area contributed by atoms with Crippen molar-refractivity contribution in [3.63, 3.8) is 0 Å². The molecule has 0 fully saturated rings. The second kappa shape index (κ2) is 7.54. The highest BCUT2D eigenvalue weighted by molar-refractivity contribution is 6.74. The molecule has 0 atom stereocenters. The normalized spacial score (nSPS) is 13.4. The van der Waals surface area contributed by atoms with Gasteiger partial charge in [0.05, 0.1) is 13.2 Å². The Bertz CT molecular complexity index is 311. The first kappa shape index (κ1) is 17.1. The van der Waals surface area contributed by atoms with Gasteiger partial charge in [0.15, 0.2) is 8.32 Å². The molecule has 0 saturated heterocycles. The minimum absolute atomic E-state index is 0.224. The number of carbonyl (C=O) groups excluding carboxylic acids is 1. The molecule has 104 valence electrons. The van der Waals surface area contributed by atoms with E-state index in [-0.39, 0.29) is 11.0 Å². The van der Waals surface area contributed by atoms with Gasteiger partial charge in [-0.3, -0.25) is 0 Å². The highest BCUT2D eigenvalue weighted by Gasteiger charge is 2.36. The molecule has 0 aliphatic rings. The zero-order valence-corrected chi connectivity index (χ0v) is 13.4. The molecule has 0 radical (unpaired) electrons. The Labute approximate surface area is 112 Å². The summed E-state index contributed by atoms with van der Waals surface area (Å²) in [6.07, 6.45) is 6.81. The highest BCUT2D eigenvalue weighted by atomic mass is 28.4. The van der Waals surface area contributed by atoms with Crippen LogP contribution >= 0.6 is 0 Å². The van der Waals surface area contributed by atoms with Gasteiger partial charge in [-0.05, 0) is 25.1 Å². The molecule has 0 aliphatic heterocycles. The molecule has 0 spiro atoms. The Hall–Kier alpha value is -0.873. The van der Waals surface area contributed by atoms with Crippen LogP contribution in [-0.2, 0) is 14.0 Å². The van der Waals surface area contributed by atoms with Gasteiger partial charge in [-0.25, -0.2) is 4.79 Å². The largest absolute Gasteiger partial charge is 0.463 e. The van der Waals surface area contributed by atoms with Gasteiger partial charge in [-0.2, -0.15) is 0 Å². The molecule has 18 heavy (non-hydrogen) atoms. The van der Waals surface area contributed by atoms with Crippen molar-refractivity contribution < 1.29 is 14.0 Å². The Balaban J connectivity index is 4.02. The molecule has 4 heteroatoms. The second-order valence-electron chi connectivity index (χ2n) is 5.61. The van der Waals surface area contributed by atoms with Gasteiger partial charge in [0.2, 0.25) is 0 Å². The van der Waals surface area contributed by atoms with Crippen LogP contribution in [0.1, 0.15) is 27.7 Å². The molecule has 0 unspecified atom stereocenters. The van der Waals surface area contributed by atoms with E-state index in [0.717, 1.165) is 0 Å². The summed E-state index contributed by atoms with van der Waals surface area (Å²) < 4.78 is 10.7. The number of rotatable bonds is 6. The summed E-state index contributed by atoms with van der Waals surface area (Å²) in [5.41, 5.74) is 0. The minimum atomic E-state index is -1.67. The van der Waals surface area contributed by atoms with Crippen molar-refractivity contribution >= 4 is 14.3 Å². The summed E-state index contributed by atoms with van der Waals surface area (Å²) >= 11 is 0. The molecular formula is C14H26O3Si. The summed E-state index contributed by atoms with van der Waals surface area (Å²) in [6.45, 7) is 13.8.